The van der Waals surface area contributed by atoms with E-state index in [9.17, 15) is 8.78 Å². The highest BCUT2D eigenvalue weighted by Gasteiger charge is 2.23. The van der Waals surface area contributed by atoms with Crippen LogP contribution in [0.4, 0.5) is 8.78 Å². The lowest BCUT2D eigenvalue weighted by Gasteiger charge is -2.22. The first kappa shape index (κ1) is 14.7. The van der Waals surface area contributed by atoms with Crippen LogP contribution in [0.3, 0.4) is 0 Å². The van der Waals surface area contributed by atoms with Gasteiger partial charge in [-0.3, -0.25) is 0 Å². The lowest BCUT2D eigenvalue weighted by Crippen LogP contribution is -2.30. The normalized spacial score (nSPS) is 12.9. The third-order valence-corrected chi connectivity index (χ3v) is 3.30. The average molecular weight is 279 g/mol. The lowest BCUT2D eigenvalue weighted by molar-refractivity contribution is 0.481. The molecule has 0 amide bonds. The Morgan fingerprint density at radius 1 is 1.05 bits per heavy atom. The van der Waals surface area contributed by atoms with Crippen molar-refractivity contribution in [3.05, 3.63) is 58.5 Å². The molecule has 4 heteroatoms. The molecule has 1 atom stereocenters. The first-order valence-corrected chi connectivity index (χ1v) is 6.65. The minimum atomic E-state index is -0.549. The second-order valence-corrected chi connectivity index (χ2v) is 5.31. The molecule has 1 heterocycles. The maximum atomic E-state index is 14.1. The highest BCUT2D eigenvalue weighted by Crippen LogP contribution is 2.29. The van der Waals surface area contributed by atoms with Crippen molar-refractivity contribution in [3.63, 3.8) is 0 Å². The van der Waals surface area contributed by atoms with Crippen molar-refractivity contribution in [2.45, 2.75) is 39.8 Å². The van der Waals surface area contributed by atoms with Gasteiger partial charge in [0, 0.05) is 23.2 Å². The van der Waals surface area contributed by atoms with Gasteiger partial charge in [-0.15, -0.1) is 0 Å². The van der Waals surface area contributed by atoms with Crippen LogP contribution in [0.5, 0.6) is 0 Å². The van der Waals surface area contributed by atoms with E-state index in [2.05, 4.69) is 5.32 Å². The van der Waals surface area contributed by atoms with Crippen LogP contribution in [0.2, 0.25) is 0 Å². The Labute approximate surface area is 117 Å². The molecule has 2 nitrogen and oxygen atoms in total. The molecular weight excluding hydrogens is 260 g/mol. The summed E-state index contributed by atoms with van der Waals surface area (Å²) in [6.07, 6.45) is 1.58. The molecule has 0 saturated carbocycles. The fourth-order valence-electron chi connectivity index (χ4n) is 2.28. The van der Waals surface area contributed by atoms with Gasteiger partial charge in [0.05, 0.1) is 12.3 Å². The second kappa shape index (κ2) is 5.75. The van der Waals surface area contributed by atoms with E-state index >= 15 is 0 Å². The summed E-state index contributed by atoms with van der Waals surface area (Å²) in [5.41, 5.74) is 1.73. The third-order valence-electron chi connectivity index (χ3n) is 3.30. The van der Waals surface area contributed by atoms with Gasteiger partial charge in [-0.1, -0.05) is 0 Å². The van der Waals surface area contributed by atoms with E-state index in [0.29, 0.717) is 11.1 Å². The molecule has 2 aromatic rings. The summed E-state index contributed by atoms with van der Waals surface area (Å²) in [5, 5.41) is 3.30. The largest absolute Gasteiger partial charge is 0.469 e. The van der Waals surface area contributed by atoms with Crippen molar-refractivity contribution in [2.24, 2.45) is 0 Å². The summed E-state index contributed by atoms with van der Waals surface area (Å²) in [6, 6.07) is 4.10. The van der Waals surface area contributed by atoms with Crippen LogP contribution in [0.25, 0.3) is 0 Å². The molecule has 1 unspecified atom stereocenters. The Morgan fingerprint density at radius 3 is 2.30 bits per heavy atom. The predicted octanol–water partition coefficient (Wildman–Crippen LogP) is 4.26. The second-order valence-electron chi connectivity index (χ2n) is 5.31. The number of aryl methyl sites for hydroxylation is 2. The number of rotatable bonds is 4. The van der Waals surface area contributed by atoms with Crippen LogP contribution in [0.1, 0.15) is 42.3 Å². The topological polar surface area (TPSA) is 25.2 Å². The molecule has 0 fully saturated rings. The van der Waals surface area contributed by atoms with E-state index in [1.165, 1.54) is 0 Å². The van der Waals surface area contributed by atoms with Crippen molar-refractivity contribution in [1.82, 2.24) is 5.32 Å². The van der Waals surface area contributed by atoms with Crippen LogP contribution < -0.4 is 5.32 Å². The van der Waals surface area contributed by atoms with Gasteiger partial charge in [0.1, 0.15) is 17.4 Å². The van der Waals surface area contributed by atoms with E-state index < -0.39 is 11.6 Å². The van der Waals surface area contributed by atoms with E-state index in [0.717, 1.165) is 17.4 Å². The minimum absolute atomic E-state index is 0.152. The third kappa shape index (κ3) is 2.90. The van der Waals surface area contributed by atoms with Gasteiger partial charge in [-0.05, 0) is 45.4 Å². The molecule has 2 rings (SSSR count). The first-order chi connectivity index (χ1) is 9.40. The number of nitrogens with one attached hydrogen (secondary N) is 1. The summed E-state index contributed by atoms with van der Waals surface area (Å²) < 4.78 is 32.9. The van der Waals surface area contributed by atoms with Gasteiger partial charge in [-0.25, -0.2) is 8.78 Å². The van der Waals surface area contributed by atoms with Crippen LogP contribution in [0.15, 0.2) is 28.9 Å². The molecule has 20 heavy (non-hydrogen) atoms. The van der Waals surface area contributed by atoms with Crippen molar-refractivity contribution in [3.8, 4) is 0 Å². The summed E-state index contributed by atoms with van der Waals surface area (Å²) in [5.74, 6) is -0.352. The number of halogens is 2. The molecule has 0 aliphatic heterocycles. The molecular formula is C16H19F2NO. The molecule has 108 valence electrons. The van der Waals surface area contributed by atoms with Crippen molar-refractivity contribution >= 4 is 0 Å². The van der Waals surface area contributed by atoms with Crippen LogP contribution in [0, 0.1) is 25.5 Å². The van der Waals surface area contributed by atoms with E-state index in [4.69, 9.17) is 4.42 Å². The van der Waals surface area contributed by atoms with Gasteiger partial charge >= 0.3 is 0 Å². The molecule has 0 aliphatic rings. The van der Waals surface area contributed by atoms with Crippen molar-refractivity contribution in [2.75, 3.05) is 0 Å². The van der Waals surface area contributed by atoms with Gasteiger partial charge < -0.3 is 9.73 Å². The van der Waals surface area contributed by atoms with Gasteiger partial charge in [0.25, 0.3) is 0 Å². The smallest absolute Gasteiger partial charge is 0.131 e. The van der Waals surface area contributed by atoms with E-state index in [1.807, 2.05) is 26.8 Å². The summed E-state index contributed by atoms with van der Waals surface area (Å²) >= 11 is 0. The van der Waals surface area contributed by atoms with Crippen LogP contribution >= 0.6 is 0 Å². The maximum absolute atomic E-state index is 14.1. The molecule has 1 aromatic heterocycles. The molecule has 0 bridgehead atoms. The summed E-state index contributed by atoms with van der Waals surface area (Å²) in [7, 11) is 0. The highest BCUT2D eigenvalue weighted by molar-refractivity contribution is 5.36. The van der Waals surface area contributed by atoms with Crippen molar-refractivity contribution in [1.29, 1.82) is 0 Å². The average Bonchev–Trinajstić information content (AvgIpc) is 2.77. The zero-order chi connectivity index (χ0) is 14.9. The monoisotopic (exact) mass is 279 g/mol. The minimum Gasteiger partial charge on any atom is -0.469 e. The molecule has 0 spiro atoms. The number of hydrogen-bond donors (Lipinski definition) is 1. The lowest BCUT2D eigenvalue weighted by atomic mass is 9.96. The van der Waals surface area contributed by atoms with Crippen LogP contribution in [-0.4, -0.2) is 6.04 Å². The highest BCUT2D eigenvalue weighted by atomic mass is 19.1. The quantitative estimate of drug-likeness (QED) is 0.904. The Kier molecular flexibility index (Phi) is 4.23. The zero-order valence-electron chi connectivity index (χ0n) is 12.1. The van der Waals surface area contributed by atoms with Crippen molar-refractivity contribution < 1.29 is 13.2 Å². The van der Waals surface area contributed by atoms with E-state index in [-0.39, 0.29) is 12.1 Å². The van der Waals surface area contributed by atoms with E-state index in [1.54, 1.807) is 19.3 Å². The fraction of sp³-hybridized carbons (Fsp3) is 0.375. The Morgan fingerprint density at radius 2 is 1.75 bits per heavy atom. The number of furan rings is 1. The number of hydrogen-bond acceptors (Lipinski definition) is 2. The molecule has 1 N–H and O–H groups in total. The van der Waals surface area contributed by atoms with Gasteiger partial charge in [0.2, 0.25) is 0 Å². The molecule has 0 aliphatic carbocycles. The van der Waals surface area contributed by atoms with Gasteiger partial charge in [0.15, 0.2) is 0 Å². The maximum Gasteiger partial charge on any atom is 0.131 e. The Bertz CT molecular complexity index is 605. The summed E-state index contributed by atoms with van der Waals surface area (Å²) in [4.78, 5) is 0. The Hall–Kier alpha value is -1.68. The molecule has 1 aromatic carbocycles. The van der Waals surface area contributed by atoms with Crippen LogP contribution in [-0.2, 0) is 0 Å². The fourth-order valence-corrected chi connectivity index (χ4v) is 2.28. The zero-order valence-corrected chi connectivity index (χ0v) is 12.1. The summed E-state index contributed by atoms with van der Waals surface area (Å²) in [6.45, 7) is 7.43. The number of benzene rings is 1. The molecule has 0 radical (unpaired) electrons. The Balaban J connectivity index is 2.52. The first-order valence-electron chi connectivity index (χ1n) is 6.65. The molecule has 0 saturated heterocycles. The van der Waals surface area contributed by atoms with Gasteiger partial charge in [-0.2, -0.15) is 0 Å². The predicted molar refractivity (Wildman–Crippen MR) is 74.7 cm³/mol. The standard InChI is InChI=1S/C16H19F2NO/c1-9(2)19-16(12-5-6-20-11(12)4)13-7-10(3)14(17)8-15(13)18/h5-9,16,19H,1-4H3. The SMILES string of the molecule is Cc1cc(C(NC(C)C)c2ccoc2C)c(F)cc1F.